The van der Waals surface area contributed by atoms with Gasteiger partial charge in [0, 0.05) is 18.2 Å². The Morgan fingerprint density at radius 3 is 2.50 bits per heavy atom. The highest BCUT2D eigenvalue weighted by atomic mass is 32.2. The van der Waals surface area contributed by atoms with E-state index in [-0.39, 0.29) is 10.7 Å². The maximum Gasteiger partial charge on any atom is 0.251 e. The van der Waals surface area contributed by atoms with Crippen molar-refractivity contribution in [3.63, 3.8) is 0 Å². The summed E-state index contributed by atoms with van der Waals surface area (Å²) in [7, 11) is -3.99. The highest BCUT2D eigenvalue weighted by molar-refractivity contribution is 7.89. The maximum atomic E-state index is 12.2. The van der Waals surface area contributed by atoms with Crippen molar-refractivity contribution in [2.45, 2.75) is 50.6 Å². The Labute approximate surface area is 116 Å². The average Bonchev–Trinajstić information content (AvgIpc) is 3.10. The zero-order valence-electron chi connectivity index (χ0n) is 11.4. The lowest BCUT2D eigenvalue weighted by atomic mass is 10.2. The van der Waals surface area contributed by atoms with Crippen molar-refractivity contribution < 1.29 is 21.6 Å². The van der Waals surface area contributed by atoms with Crippen molar-refractivity contribution >= 4 is 10.0 Å². The molecule has 114 valence electrons. The topological polar surface area (TPSA) is 71.3 Å². The first-order chi connectivity index (χ1) is 9.31. The minimum Gasteiger partial charge on any atom is -0.465 e. The quantitative estimate of drug-likeness (QED) is 0.804. The summed E-state index contributed by atoms with van der Waals surface area (Å²) in [5.74, 6) is 0.713. The molecular weight excluding hydrogens is 290 g/mol. The molecule has 0 atom stereocenters. The summed E-state index contributed by atoms with van der Waals surface area (Å²) < 4.78 is 55.9. The summed E-state index contributed by atoms with van der Waals surface area (Å²) in [4.78, 5) is -0.0243. The number of hydrogen-bond acceptors (Lipinski definition) is 4. The fraction of sp³-hybridized carbons (Fsp3) is 0.667. The Morgan fingerprint density at radius 2 is 1.95 bits per heavy atom. The number of hydrogen-bond donors (Lipinski definition) is 2. The van der Waals surface area contributed by atoms with Crippen molar-refractivity contribution in [1.29, 1.82) is 0 Å². The maximum absolute atomic E-state index is 12.2. The number of alkyl halides is 2. The van der Waals surface area contributed by atoms with Crippen LogP contribution in [-0.4, -0.2) is 27.4 Å². The summed E-state index contributed by atoms with van der Waals surface area (Å²) in [6, 6.07) is 0.411. The summed E-state index contributed by atoms with van der Waals surface area (Å²) in [5, 5.41) is 3.20. The van der Waals surface area contributed by atoms with E-state index in [9.17, 15) is 17.2 Å². The van der Waals surface area contributed by atoms with Gasteiger partial charge in [-0.2, -0.15) is 0 Å². The first-order valence-corrected chi connectivity index (χ1v) is 7.89. The summed E-state index contributed by atoms with van der Waals surface area (Å²) in [6.07, 6.45) is -0.588. The number of furan rings is 1. The van der Waals surface area contributed by atoms with E-state index in [1.165, 1.54) is 6.92 Å². The molecule has 2 rings (SSSR count). The molecule has 1 heterocycles. The van der Waals surface area contributed by atoms with Crippen LogP contribution in [0.5, 0.6) is 0 Å². The molecule has 0 spiro atoms. The van der Waals surface area contributed by atoms with Crippen molar-refractivity contribution in [3.05, 3.63) is 17.1 Å². The average molecular weight is 308 g/mol. The fourth-order valence-corrected chi connectivity index (χ4v) is 3.49. The number of nitrogens with one attached hydrogen (secondary N) is 2. The van der Waals surface area contributed by atoms with Gasteiger partial charge >= 0.3 is 0 Å². The van der Waals surface area contributed by atoms with Crippen LogP contribution in [-0.2, 0) is 16.6 Å². The molecule has 1 aromatic heterocycles. The minimum atomic E-state index is -3.99. The Hall–Kier alpha value is -0.990. The molecule has 1 aliphatic carbocycles. The predicted molar refractivity (Wildman–Crippen MR) is 69.2 cm³/mol. The van der Waals surface area contributed by atoms with Crippen molar-refractivity contribution in [1.82, 2.24) is 10.0 Å². The number of halogens is 2. The lowest BCUT2D eigenvalue weighted by molar-refractivity contribution is 0.153. The molecule has 1 fully saturated rings. The first kappa shape index (κ1) is 15.4. The normalized spacial score (nSPS) is 16.1. The molecule has 0 amide bonds. The van der Waals surface area contributed by atoms with Gasteiger partial charge in [0.1, 0.15) is 16.4 Å². The summed E-state index contributed by atoms with van der Waals surface area (Å²) in [5.41, 5.74) is 0.510. The van der Waals surface area contributed by atoms with Crippen LogP contribution in [0.3, 0.4) is 0 Å². The summed E-state index contributed by atoms with van der Waals surface area (Å²) >= 11 is 0. The van der Waals surface area contributed by atoms with Crippen LogP contribution in [0, 0.1) is 13.8 Å². The van der Waals surface area contributed by atoms with Gasteiger partial charge in [-0.25, -0.2) is 21.9 Å². The van der Waals surface area contributed by atoms with Gasteiger partial charge in [0.15, 0.2) is 0 Å². The Bertz CT molecular complexity index is 580. The number of sulfonamides is 1. The van der Waals surface area contributed by atoms with Crippen LogP contribution < -0.4 is 10.0 Å². The molecule has 0 bridgehead atoms. The van der Waals surface area contributed by atoms with E-state index in [0.717, 1.165) is 12.8 Å². The van der Waals surface area contributed by atoms with Crippen LogP contribution in [0.4, 0.5) is 8.78 Å². The molecule has 0 unspecified atom stereocenters. The van der Waals surface area contributed by atoms with E-state index < -0.39 is 23.0 Å². The van der Waals surface area contributed by atoms with Crippen molar-refractivity contribution in [2.75, 3.05) is 6.54 Å². The zero-order valence-corrected chi connectivity index (χ0v) is 12.2. The fourth-order valence-electron chi connectivity index (χ4n) is 2.04. The molecular formula is C12H18F2N2O3S. The standard InChI is InChI=1S/C12H18F2N2O3S/c1-7-10(5-15-9-3-4-9)12(8(2)19-7)20(17,18)16-6-11(13)14/h9,11,15-16H,3-6H2,1-2H3. The predicted octanol–water partition coefficient (Wildman–Crippen LogP) is 1.69. The lowest BCUT2D eigenvalue weighted by Crippen LogP contribution is -2.30. The van der Waals surface area contributed by atoms with E-state index in [4.69, 9.17) is 4.42 Å². The minimum absolute atomic E-state index is 0.0243. The van der Waals surface area contributed by atoms with E-state index in [2.05, 4.69) is 5.32 Å². The van der Waals surface area contributed by atoms with Gasteiger partial charge in [-0.1, -0.05) is 0 Å². The SMILES string of the molecule is Cc1oc(C)c(S(=O)(=O)NCC(F)F)c1CNC1CC1. The van der Waals surface area contributed by atoms with Crippen LogP contribution in [0.1, 0.15) is 29.9 Å². The molecule has 0 aromatic carbocycles. The van der Waals surface area contributed by atoms with Gasteiger partial charge in [0.25, 0.3) is 6.43 Å². The van der Waals surface area contributed by atoms with Crippen LogP contribution in [0.2, 0.25) is 0 Å². The van der Waals surface area contributed by atoms with Gasteiger partial charge in [0.2, 0.25) is 10.0 Å². The largest absolute Gasteiger partial charge is 0.465 e. The van der Waals surface area contributed by atoms with Crippen LogP contribution in [0.15, 0.2) is 9.31 Å². The third-order valence-corrected chi connectivity index (χ3v) is 4.78. The third kappa shape index (κ3) is 3.56. The molecule has 1 aromatic rings. The Morgan fingerprint density at radius 1 is 1.30 bits per heavy atom. The first-order valence-electron chi connectivity index (χ1n) is 6.41. The van der Waals surface area contributed by atoms with E-state index in [0.29, 0.717) is 23.9 Å². The second-order valence-electron chi connectivity index (χ2n) is 4.92. The highest BCUT2D eigenvalue weighted by Gasteiger charge is 2.29. The van der Waals surface area contributed by atoms with E-state index in [1.807, 2.05) is 4.72 Å². The molecule has 8 heteroatoms. The number of rotatable bonds is 7. The molecule has 2 N–H and O–H groups in total. The van der Waals surface area contributed by atoms with Crippen molar-refractivity contribution in [2.24, 2.45) is 0 Å². The summed E-state index contributed by atoms with van der Waals surface area (Å²) in [6.45, 7) is 2.65. The van der Waals surface area contributed by atoms with Gasteiger partial charge in [0.05, 0.1) is 6.54 Å². The molecule has 0 saturated heterocycles. The third-order valence-electron chi connectivity index (χ3n) is 3.17. The molecule has 1 saturated carbocycles. The monoisotopic (exact) mass is 308 g/mol. The second kappa shape index (κ2) is 5.79. The number of aryl methyl sites for hydroxylation is 2. The van der Waals surface area contributed by atoms with E-state index >= 15 is 0 Å². The highest BCUT2D eigenvalue weighted by Crippen LogP contribution is 2.28. The molecule has 0 aliphatic heterocycles. The Balaban J connectivity index is 2.23. The van der Waals surface area contributed by atoms with Gasteiger partial charge in [-0.15, -0.1) is 0 Å². The zero-order chi connectivity index (χ0) is 14.9. The Kier molecular flexibility index (Phi) is 4.46. The van der Waals surface area contributed by atoms with E-state index in [1.54, 1.807) is 6.92 Å². The lowest BCUT2D eigenvalue weighted by Gasteiger charge is -2.09. The smallest absolute Gasteiger partial charge is 0.251 e. The van der Waals surface area contributed by atoms with Crippen LogP contribution in [0.25, 0.3) is 0 Å². The molecule has 0 radical (unpaired) electrons. The second-order valence-corrected chi connectivity index (χ2v) is 6.62. The molecule has 1 aliphatic rings. The molecule has 20 heavy (non-hydrogen) atoms. The molecule has 5 nitrogen and oxygen atoms in total. The van der Waals surface area contributed by atoms with Gasteiger partial charge in [-0.05, 0) is 26.7 Å². The van der Waals surface area contributed by atoms with Gasteiger partial charge < -0.3 is 9.73 Å². The van der Waals surface area contributed by atoms with Crippen LogP contribution >= 0.6 is 0 Å². The van der Waals surface area contributed by atoms with Gasteiger partial charge in [-0.3, -0.25) is 0 Å². The van der Waals surface area contributed by atoms with Crippen molar-refractivity contribution in [3.8, 4) is 0 Å².